The van der Waals surface area contributed by atoms with Gasteiger partial charge in [-0.2, -0.15) is 0 Å². The Morgan fingerprint density at radius 3 is 2.37 bits per heavy atom. The predicted molar refractivity (Wildman–Crippen MR) is 147 cm³/mol. The van der Waals surface area contributed by atoms with E-state index in [1.165, 1.54) is 12.8 Å². The number of rotatable bonds is 8. The minimum absolute atomic E-state index is 0.305. The molecule has 2 aliphatic rings. The summed E-state index contributed by atoms with van der Waals surface area (Å²) in [5.41, 5.74) is 0.945. The van der Waals surface area contributed by atoms with E-state index in [0.29, 0.717) is 49.2 Å². The molecule has 2 heterocycles. The van der Waals surface area contributed by atoms with Gasteiger partial charge in [0.1, 0.15) is 23.5 Å². The van der Waals surface area contributed by atoms with E-state index in [0.717, 1.165) is 41.7 Å². The Bertz CT molecular complexity index is 1250. The van der Waals surface area contributed by atoms with Crippen LogP contribution in [0.3, 0.4) is 0 Å². The minimum atomic E-state index is -0.532. The highest BCUT2D eigenvalue weighted by Gasteiger charge is 2.37. The lowest BCUT2D eigenvalue weighted by Crippen LogP contribution is -2.47. The maximum Gasteiger partial charge on any atom is 0.412 e. The Morgan fingerprint density at radius 1 is 1.03 bits per heavy atom. The fraction of sp³-hybridized carbons (Fsp3) is 0.483. The third-order valence-electron chi connectivity index (χ3n) is 7.75. The molecule has 1 aromatic heterocycles. The first-order valence-corrected chi connectivity index (χ1v) is 13.4. The summed E-state index contributed by atoms with van der Waals surface area (Å²) >= 11 is 0. The van der Waals surface area contributed by atoms with Gasteiger partial charge >= 0.3 is 6.09 Å². The molecule has 0 spiro atoms. The first-order chi connectivity index (χ1) is 18.5. The fourth-order valence-electron chi connectivity index (χ4n) is 5.43. The smallest absolute Gasteiger partial charge is 0.412 e. The van der Waals surface area contributed by atoms with Gasteiger partial charge in [-0.25, -0.2) is 14.8 Å². The number of piperidine rings is 1. The average Bonchev–Trinajstić information content (AvgIpc) is 3.46. The molecule has 0 bridgehead atoms. The Hall–Kier alpha value is -3.75. The molecule has 1 aliphatic heterocycles. The predicted octanol–water partition coefficient (Wildman–Crippen LogP) is 5.97. The number of nitrogens with zero attached hydrogens (tertiary/aromatic N) is 3. The highest BCUT2D eigenvalue weighted by atomic mass is 16.6. The minimum Gasteiger partial charge on any atom is -0.493 e. The largest absolute Gasteiger partial charge is 0.493 e. The SMILES string of the molecule is CCC1(OC(=O)Nc2ccc(OC3CCCC3)cc2)CCN(c2ncnc3cc(OC)c(OC)cc23)CC1. The molecule has 1 N–H and O–H groups in total. The number of carbonyl (C=O) groups is 1. The van der Waals surface area contributed by atoms with Crippen molar-refractivity contribution in [2.45, 2.75) is 63.6 Å². The van der Waals surface area contributed by atoms with Crippen LogP contribution in [0.25, 0.3) is 10.9 Å². The van der Waals surface area contributed by atoms with Crippen molar-refractivity contribution in [1.29, 1.82) is 0 Å². The van der Waals surface area contributed by atoms with E-state index in [-0.39, 0.29) is 0 Å². The summed E-state index contributed by atoms with van der Waals surface area (Å²) in [6, 6.07) is 11.3. The molecule has 1 saturated heterocycles. The molecule has 1 amide bonds. The van der Waals surface area contributed by atoms with Crippen molar-refractivity contribution in [3.05, 3.63) is 42.7 Å². The lowest BCUT2D eigenvalue weighted by Gasteiger charge is -2.41. The van der Waals surface area contributed by atoms with Crippen molar-refractivity contribution in [2.75, 3.05) is 37.5 Å². The zero-order chi connectivity index (χ0) is 26.5. The van der Waals surface area contributed by atoms with Gasteiger partial charge in [-0.3, -0.25) is 5.32 Å². The van der Waals surface area contributed by atoms with Gasteiger partial charge < -0.3 is 23.8 Å². The van der Waals surface area contributed by atoms with E-state index in [4.69, 9.17) is 18.9 Å². The summed E-state index contributed by atoms with van der Waals surface area (Å²) in [6.07, 6.45) is 8.25. The summed E-state index contributed by atoms with van der Waals surface area (Å²) in [6.45, 7) is 3.47. The Balaban J connectivity index is 1.21. The molecule has 9 heteroatoms. The monoisotopic (exact) mass is 520 g/mol. The van der Waals surface area contributed by atoms with Crippen LogP contribution in [0, 0.1) is 0 Å². The number of methoxy groups -OCH3 is 2. The summed E-state index contributed by atoms with van der Waals surface area (Å²) in [5, 5.41) is 3.78. The number of carbonyl (C=O) groups excluding carboxylic acids is 1. The number of fused-ring (bicyclic) bond motifs is 1. The lowest BCUT2D eigenvalue weighted by atomic mass is 9.88. The van der Waals surface area contributed by atoms with Crippen LogP contribution in [-0.2, 0) is 4.74 Å². The van der Waals surface area contributed by atoms with Crippen LogP contribution in [0.1, 0.15) is 51.9 Å². The van der Waals surface area contributed by atoms with E-state index in [2.05, 4.69) is 27.1 Å². The molecule has 1 saturated carbocycles. The molecule has 0 radical (unpaired) electrons. The molecule has 2 fully saturated rings. The molecule has 202 valence electrons. The number of aromatic nitrogens is 2. The van der Waals surface area contributed by atoms with Crippen molar-refractivity contribution in [2.24, 2.45) is 0 Å². The molecule has 1 aliphatic carbocycles. The average molecular weight is 521 g/mol. The summed E-state index contributed by atoms with van der Waals surface area (Å²) < 4.78 is 23.0. The second-order valence-electron chi connectivity index (χ2n) is 10.0. The zero-order valence-corrected chi connectivity index (χ0v) is 22.4. The highest BCUT2D eigenvalue weighted by Crippen LogP contribution is 2.37. The van der Waals surface area contributed by atoms with Gasteiger partial charge in [0.05, 0.1) is 25.8 Å². The van der Waals surface area contributed by atoms with Crippen LogP contribution in [0.5, 0.6) is 17.2 Å². The maximum absolute atomic E-state index is 12.8. The molecule has 5 rings (SSSR count). The molecular weight excluding hydrogens is 484 g/mol. The molecule has 3 aromatic rings. The maximum atomic E-state index is 12.8. The van der Waals surface area contributed by atoms with Gasteiger partial charge in [0, 0.05) is 43.1 Å². The van der Waals surface area contributed by atoms with Crippen LogP contribution in [0.4, 0.5) is 16.3 Å². The molecular formula is C29H36N4O5. The van der Waals surface area contributed by atoms with Gasteiger partial charge in [-0.1, -0.05) is 6.92 Å². The second kappa shape index (κ2) is 11.3. The second-order valence-corrected chi connectivity index (χ2v) is 10.0. The number of anilines is 2. The van der Waals surface area contributed by atoms with E-state index in [1.54, 1.807) is 20.5 Å². The zero-order valence-electron chi connectivity index (χ0n) is 22.4. The quantitative estimate of drug-likeness (QED) is 0.388. The molecule has 9 nitrogen and oxygen atoms in total. The van der Waals surface area contributed by atoms with Crippen molar-refractivity contribution < 1.29 is 23.7 Å². The molecule has 38 heavy (non-hydrogen) atoms. The van der Waals surface area contributed by atoms with E-state index in [1.807, 2.05) is 36.4 Å². The number of hydrogen-bond acceptors (Lipinski definition) is 8. The van der Waals surface area contributed by atoms with Crippen molar-refractivity contribution in [3.8, 4) is 17.2 Å². The Morgan fingerprint density at radius 2 is 1.71 bits per heavy atom. The van der Waals surface area contributed by atoms with Gasteiger partial charge in [0.15, 0.2) is 11.5 Å². The number of benzene rings is 2. The summed E-state index contributed by atoms with van der Waals surface area (Å²) in [7, 11) is 3.22. The van der Waals surface area contributed by atoms with E-state index < -0.39 is 11.7 Å². The van der Waals surface area contributed by atoms with Gasteiger partial charge in [-0.15, -0.1) is 0 Å². The van der Waals surface area contributed by atoms with Crippen molar-refractivity contribution in [3.63, 3.8) is 0 Å². The van der Waals surface area contributed by atoms with E-state index >= 15 is 0 Å². The van der Waals surface area contributed by atoms with Crippen LogP contribution >= 0.6 is 0 Å². The molecule has 0 unspecified atom stereocenters. The normalized spacial score (nSPS) is 17.3. The third kappa shape index (κ3) is 5.56. The van der Waals surface area contributed by atoms with Crippen LogP contribution in [0.2, 0.25) is 0 Å². The Labute approximate surface area is 223 Å². The first kappa shape index (κ1) is 25.9. The van der Waals surface area contributed by atoms with Crippen molar-refractivity contribution in [1.82, 2.24) is 9.97 Å². The van der Waals surface area contributed by atoms with Crippen molar-refractivity contribution >= 4 is 28.5 Å². The number of amides is 1. The fourth-order valence-corrected chi connectivity index (χ4v) is 5.43. The number of ether oxygens (including phenoxy) is 4. The number of hydrogen-bond donors (Lipinski definition) is 1. The number of nitrogens with one attached hydrogen (secondary N) is 1. The molecule has 2 aromatic carbocycles. The van der Waals surface area contributed by atoms with Gasteiger partial charge in [-0.05, 0) is 62.4 Å². The molecule has 0 atom stereocenters. The van der Waals surface area contributed by atoms with Gasteiger partial charge in [0.2, 0.25) is 0 Å². The third-order valence-corrected chi connectivity index (χ3v) is 7.75. The summed E-state index contributed by atoms with van der Waals surface area (Å²) in [5.74, 6) is 2.93. The first-order valence-electron chi connectivity index (χ1n) is 13.4. The van der Waals surface area contributed by atoms with E-state index in [9.17, 15) is 4.79 Å². The Kier molecular flexibility index (Phi) is 7.72. The van der Waals surface area contributed by atoms with Crippen LogP contribution in [-0.4, -0.2) is 55.1 Å². The van der Waals surface area contributed by atoms with Crippen LogP contribution in [0.15, 0.2) is 42.7 Å². The van der Waals surface area contributed by atoms with Gasteiger partial charge in [0.25, 0.3) is 0 Å². The highest BCUT2D eigenvalue weighted by molar-refractivity contribution is 5.92. The topological polar surface area (TPSA) is 95.0 Å². The lowest BCUT2D eigenvalue weighted by molar-refractivity contribution is -0.00281. The summed E-state index contributed by atoms with van der Waals surface area (Å²) in [4.78, 5) is 24.1. The van der Waals surface area contributed by atoms with Crippen LogP contribution < -0.4 is 24.4 Å². The standard InChI is InChI=1S/C29H36N4O5/c1-4-29(38-28(34)32-20-9-11-22(12-10-20)37-21-7-5-6-8-21)13-15-33(16-14-29)27-23-17-25(35-2)26(36-3)18-24(23)30-19-31-27/h9-12,17-19,21H,4-8,13-16H2,1-3H3,(H,32,34).